The third kappa shape index (κ3) is 5.48. The number of anilines is 1. The van der Waals surface area contributed by atoms with Crippen LogP contribution < -0.4 is 10.0 Å². The number of benzene rings is 1. The lowest BCUT2D eigenvalue weighted by Gasteiger charge is -2.13. The van der Waals surface area contributed by atoms with E-state index >= 15 is 0 Å². The largest absolute Gasteiger partial charge is 0.384 e. The van der Waals surface area contributed by atoms with Crippen molar-refractivity contribution in [2.75, 3.05) is 31.6 Å². The Bertz CT molecular complexity index is 489. The van der Waals surface area contributed by atoms with Crippen LogP contribution >= 0.6 is 0 Å². The molecule has 6 heteroatoms. The average molecular weight is 300 g/mol. The maximum atomic E-state index is 12.2. The van der Waals surface area contributed by atoms with Crippen LogP contribution in [0.2, 0.25) is 0 Å². The maximum absolute atomic E-state index is 12.2. The summed E-state index contributed by atoms with van der Waals surface area (Å²) in [5.74, 6) is 0. The lowest BCUT2D eigenvalue weighted by molar-refractivity contribution is 0.147. The molecule has 20 heavy (non-hydrogen) atoms. The molecule has 0 spiro atoms. The van der Waals surface area contributed by atoms with Gasteiger partial charge in [0.2, 0.25) is 10.0 Å². The number of hydrogen-bond donors (Lipinski definition) is 2. The van der Waals surface area contributed by atoms with Crippen molar-refractivity contribution in [1.29, 1.82) is 0 Å². The summed E-state index contributed by atoms with van der Waals surface area (Å²) in [6, 6.07) is 6.94. The van der Waals surface area contributed by atoms with Gasteiger partial charge in [-0.2, -0.15) is 0 Å². The molecule has 0 aromatic heterocycles. The van der Waals surface area contributed by atoms with Gasteiger partial charge in [-0.3, -0.25) is 0 Å². The normalized spacial score (nSPS) is 11.5. The number of ether oxygens (including phenoxy) is 1. The minimum atomic E-state index is -3.44. The molecule has 0 radical (unpaired) electrons. The van der Waals surface area contributed by atoms with Gasteiger partial charge in [0.1, 0.15) is 4.90 Å². The Hall–Kier alpha value is -1.11. The first-order chi connectivity index (χ1) is 9.61. The smallest absolute Gasteiger partial charge is 0.242 e. The van der Waals surface area contributed by atoms with E-state index in [1.165, 1.54) is 0 Å². The van der Waals surface area contributed by atoms with Gasteiger partial charge in [0.05, 0.1) is 5.69 Å². The Labute approximate surface area is 121 Å². The lowest BCUT2D eigenvalue weighted by Crippen LogP contribution is -2.25. The van der Waals surface area contributed by atoms with Crippen LogP contribution in [0, 0.1) is 0 Å². The van der Waals surface area contributed by atoms with Crippen LogP contribution in [0.15, 0.2) is 29.2 Å². The second kappa shape index (κ2) is 8.94. The molecular weight excluding hydrogens is 276 g/mol. The van der Waals surface area contributed by atoms with Gasteiger partial charge < -0.3 is 10.1 Å². The highest BCUT2D eigenvalue weighted by Crippen LogP contribution is 2.20. The zero-order valence-corrected chi connectivity index (χ0v) is 13.0. The van der Waals surface area contributed by atoms with Crippen molar-refractivity contribution in [3.63, 3.8) is 0 Å². The van der Waals surface area contributed by atoms with E-state index in [4.69, 9.17) is 4.74 Å². The molecule has 0 fully saturated rings. The highest BCUT2D eigenvalue weighted by atomic mass is 32.2. The molecule has 2 N–H and O–H groups in total. The summed E-state index contributed by atoms with van der Waals surface area (Å²) < 4.78 is 32.2. The van der Waals surface area contributed by atoms with E-state index in [0.29, 0.717) is 36.9 Å². The second-order valence-corrected chi connectivity index (χ2v) is 6.11. The van der Waals surface area contributed by atoms with Crippen LogP contribution in [0.3, 0.4) is 0 Å². The molecule has 114 valence electrons. The standard InChI is InChI=1S/C14H24N2O3S/c1-3-10-16-20(17,18)14-9-6-5-8-13(14)15-11-7-12-19-4-2/h5-6,8-9,15-16H,3-4,7,10-12H2,1-2H3. The Kier molecular flexibility index (Phi) is 7.58. The number of hydrogen-bond acceptors (Lipinski definition) is 4. The van der Waals surface area contributed by atoms with Crippen LogP contribution in [-0.4, -0.2) is 34.7 Å². The highest BCUT2D eigenvalue weighted by molar-refractivity contribution is 7.89. The highest BCUT2D eigenvalue weighted by Gasteiger charge is 2.16. The molecule has 5 nitrogen and oxygen atoms in total. The topological polar surface area (TPSA) is 67.4 Å². The predicted molar refractivity (Wildman–Crippen MR) is 81.5 cm³/mol. The first-order valence-electron chi connectivity index (χ1n) is 7.02. The number of nitrogens with one attached hydrogen (secondary N) is 2. The maximum Gasteiger partial charge on any atom is 0.242 e. The molecule has 0 aliphatic carbocycles. The molecule has 0 aliphatic heterocycles. The van der Waals surface area contributed by atoms with Crippen LogP contribution in [0.5, 0.6) is 0 Å². The zero-order chi connectivity index (χ0) is 14.8. The minimum Gasteiger partial charge on any atom is -0.384 e. The van der Waals surface area contributed by atoms with Crippen molar-refractivity contribution in [3.05, 3.63) is 24.3 Å². The summed E-state index contributed by atoms with van der Waals surface area (Å²) in [5, 5.41) is 3.16. The predicted octanol–water partition coefficient (Wildman–Crippen LogP) is 2.21. The Morgan fingerprint density at radius 2 is 1.90 bits per heavy atom. The van der Waals surface area contributed by atoms with Gasteiger partial charge in [-0.05, 0) is 31.9 Å². The number of sulfonamides is 1. The molecule has 1 aromatic rings. The van der Waals surface area contributed by atoms with E-state index in [2.05, 4.69) is 10.0 Å². The molecule has 0 saturated heterocycles. The van der Waals surface area contributed by atoms with E-state index in [1.807, 2.05) is 19.9 Å². The molecule has 0 amide bonds. The fourth-order valence-corrected chi connectivity index (χ4v) is 3.02. The van der Waals surface area contributed by atoms with Crippen molar-refractivity contribution in [3.8, 4) is 0 Å². The van der Waals surface area contributed by atoms with E-state index in [0.717, 1.165) is 12.8 Å². The Morgan fingerprint density at radius 1 is 1.15 bits per heavy atom. The van der Waals surface area contributed by atoms with Crippen molar-refractivity contribution >= 4 is 15.7 Å². The summed E-state index contributed by atoms with van der Waals surface area (Å²) in [6.07, 6.45) is 1.60. The minimum absolute atomic E-state index is 0.296. The third-order valence-corrected chi connectivity index (χ3v) is 4.22. The number of para-hydroxylation sites is 1. The van der Waals surface area contributed by atoms with Crippen LogP contribution in [0.1, 0.15) is 26.7 Å². The summed E-state index contributed by atoms with van der Waals surface area (Å²) in [4.78, 5) is 0.296. The van der Waals surface area contributed by atoms with E-state index in [1.54, 1.807) is 18.2 Å². The fraction of sp³-hybridized carbons (Fsp3) is 0.571. The molecule has 0 bridgehead atoms. The Morgan fingerprint density at radius 3 is 2.60 bits per heavy atom. The van der Waals surface area contributed by atoms with E-state index in [-0.39, 0.29) is 0 Å². The first-order valence-corrected chi connectivity index (χ1v) is 8.50. The van der Waals surface area contributed by atoms with Crippen LogP contribution in [0.4, 0.5) is 5.69 Å². The van der Waals surface area contributed by atoms with Crippen molar-refractivity contribution < 1.29 is 13.2 Å². The first kappa shape index (κ1) is 16.9. The fourth-order valence-electron chi connectivity index (χ4n) is 1.70. The van der Waals surface area contributed by atoms with Crippen molar-refractivity contribution in [2.24, 2.45) is 0 Å². The van der Waals surface area contributed by atoms with Gasteiger partial charge >= 0.3 is 0 Å². The monoisotopic (exact) mass is 300 g/mol. The van der Waals surface area contributed by atoms with E-state index < -0.39 is 10.0 Å². The van der Waals surface area contributed by atoms with Crippen LogP contribution in [0.25, 0.3) is 0 Å². The molecule has 0 aliphatic rings. The quantitative estimate of drug-likeness (QED) is 0.650. The van der Waals surface area contributed by atoms with Gasteiger partial charge in [0.15, 0.2) is 0 Å². The zero-order valence-electron chi connectivity index (χ0n) is 12.2. The van der Waals surface area contributed by atoms with Gasteiger partial charge in [0.25, 0.3) is 0 Å². The second-order valence-electron chi connectivity index (χ2n) is 4.37. The molecule has 0 atom stereocenters. The molecule has 1 rings (SSSR count). The van der Waals surface area contributed by atoms with E-state index in [9.17, 15) is 8.42 Å². The van der Waals surface area contributed by atoms with Gasteiger partial charge in [-0.1, -0.05) is 19.1 Å². The molecule has 1 aromatic carbocycles. The summed E-state index contributed by atoms with van der Waals surface area (Å²) in [5.41, 5.74) is 0.632. The number of rotatable bonds is 10. The summed E-state index contributed by atoms with van der Waals surface area (Å²) >= 11 is 0. The Balaban J connectivity index is 2.68. The summed E-state index contributed by atoms with van der Waals surface area (Å²) in [6.45, 7) is 6.38. The van der Waals surface area contributed by atoms with Crippen molar-refractivity contribution in [2.45, 2.75) is 31.6 Å². The summed E-state index contributed by atoms with van der Waals surface area (Å²) in [7, 11) is -3.44. The van der Waals surface area contributed by atoms with Crippen molar-refractivity contribution in [1.82, 2.24) is 4.72 Å². The molecular formula is C14H24N2O3S. The van der Waals surface area contributed by atoms with Gasteiger partial charge in [-0.25, -0.2) is 13.1 Å². The van der Waals surface area contributed by atoms with Gasteiger partial charge in [-0.15, -0.1) is 0 Å². The SMILES string of the molecule is CCCNS(=O)(=O)c1ccccc1NCCCOCC. The molecule has 0 unspecified atom stereocenters. The molecule has 0 saturated carbocycles. The average Bonchev–Trinajstić information content (AvgIpc) is 2.45. The lowest BCUT2D eigenvalue weighted by atomic mass is 10.3. The molecule has 0 heterocycles. The third-order valence-electron chi connectivity index (χ3n) is 2.70. The van der Waals surface area contributed by atoms with Gasteiger partial charge in [0, 0.05) is 26.3 Å². The van der Waals surface area contributed by atoms with Crippen LogP contribution in [-0.2, 0) is 14.8 Å².